The first kappa shape index (κ1) is 7.37. The molecule has 1 aliphatic rings. The molecule has 9 heavy (non-hydrogen) atoms. The van der Waals surface area contributed by atoms with Crippen molar-refractivity contribution in [2.24, 2.45) is 5.73 Å². The van der Waals surface area contributed by atoms with Crippen LogP contribution in [0.2, 0.25) is 0 Å². The fraction of sp³-hybridized carbons (Fsp3) is 0.200. The van der Waals surface area contributed by atoms with Gasteiger partial charge < -0.3 is 5.32 Å². The summed E-state index contributed by atoms with van der Waals surface area (Å²) < 4.78 is -0.603. The maximum atomic E-state index is 5.72. The molecule has 0 saturated carbocycles. The number of nitrogens with two attached hydrogens (primary N) is 1. The molecule has 0 aliphatic carbocycles. The molecule has 50 valence electrons. The van der Waals surface area contributed by atoms with Gasteiger partial charge in [-0.2, -0.15) is 0 Å². The second-order valence-electron chi connectivity index (χ2n) is 1.73. The highest BCUT2D eigenvalue weighted by atomic mass is 127. The third kappa shape index (κ3) is 1.59. The van der Waals surface area contributed by atoms with Crippen molar-refractivity contribution in [1.29, 1.82) is 0 Å². The lowest BCUT2D eigenvalue weighted by Gasteiger charge is -2.24. The summed E-state index contributed by atoms with van der Waals surface area (Å²) in [6, 6.07) is 0. The molecule has 4 heteroatoms. The predicted octanol–water partition coefficient (Wildman–Crippen LogP) is 1.27. The molecule has 3 N–H and O–H groups in total. The van der Waals surface area contributed by atoms with Gasteiger partial charge in [0.1, 0.15) is 0 Å². The van der Waals surface area contributed by atoms with E-state index in [1.807, 2.05) is 28.7 Å². The number of hydrogen-bond acceptors (Lipinski definition) is 2. The number of hydrogen-bond donors (Lipinski definition) is 2. The molecule has 0 aromatic carbocycles. The Morgan fingerprint density at radius 1 is 1.78 bits per heavy atom. The van der Waals surface area contributed by atoms with E-state index in [4.69, 9.17) is 17.3 Å². The number of alkyl halides is 1. The SMILES string of the molecule is NC1(I)NC=CC=C1Cl. The summed E-state index contributed by atoms with van der Waals surface area (Å²) in [6.45, 7) is 0. The molecule has 1 heterocycles. The molecule has 1 unspecified atom stereocenters. The van der Waals surface area contributed by atoms with E-state index in [9.17, 15) is 0 Å². The Hall–Kier alpha value is 0.260. The number of nitrogens with one attached hydrogen (secondary N) is 1. The first-order valence-corrected chi connectivity index (χ1v) is 3.87. The van der Waals surface area contributed by atoms with Gasteiger partial charge in [-0.05, 0) is 40.9 Å². The van der Waals surface area contributed by atoms with E-state index in [1.165, 1.54) is 0 Å². The van der Waals surface area contributed by atoms with Crippen molar-refractivity contribution in [3.63, 3.8) is 0 Å². The Kier molecular flexibility index (Phi) is 2.03. The summed E-state index contributed by atoms with van der Waals surface area (Å²) in [7, 11) is 0. The van der Waals surface area contributed by atoms with Gasteiger partial charge in [0.25, 0.3) is 0 Å². The number of halogens is 2. The predicted molar refractivity (Wildman–Crippen MR) is 47.2 cm³/mol. The molecular weight excluding hydrogens is 250 g/mol. The van der Waals surface area contributed by atoms with Crippen LogP contribution in [0.25, 0.3) is 0 Å². The molecular formula is C5H6ClIN2. The molecule has 0 amide bonds. The smallest absolute Gasteiger partial charge is 0.175 e. The molecule has 2 nitrogen and oxygen atoms in total. The van der Waals surface area contributed by atoms with Gasteiger partial charge in [-0.3, -0.25) is 5.73 Å². The van der Waals surface area contributed by atoms with Gasteiger partial charge >= 0.3 is 0 Å². The molecule has 0 saturated heterocycles. The van der Waals surface area contributed by atoms with Gasteiger partial charge in [-0.25, -0.2) is 0 Å². The van der Waals surface area contributed by atoms with Crippen LogP contribution in [0, 0.1) is 0 Å². The lowest BCUT2D eigenvalue weighted by molar-refractivity contribution is 0.687. The van der Waals surface area contributed by atoms with Crippen LogP contribution in [-0.2, 0) is 0 Å². The maximum Gasteiger partial charge on any atom is 0.175 e. The van der Waals surface area contributed by atoms with Crippen molar-refractivity contribution in [2.75, 3.05) is 0 Å². The monoisotopic (exact) mass is 256 g/mol. The number of rotatable bonds is 0. The van der Waals surface area contributed by atoms with Crippen molar-refractivity contribution in [3.8, 4) is 0 Å². The quantitative estimate of drug-likeness (QED) is 0.389. The van der Waals surface area contributed by atoms with E-state index >= 15 is 0 Å². The highest BCUT2D eigenvalue weighted by molar-refractivity contribution is 14.1. The van der Waals surface area contributed by atoms with Crippen LogP contribution in [0.4, 0.5) is 0 Å². The Balaban J connectivity index is 2.83. The minimum absolute atomic E-state index is 0.603. The molecule has 1 aliphatic heterocycles. The van der Waals surface area contributed by atoms with Crippen molar-refractivity contribution >= 4 is 34.2 Å². The lowest BCUT2D eigenvalue weighted by atomic mass is 10.3. The Bertz CT molecular complexity index is 174. The van der Waals surface area contributed by atoms with Crippen molar-refractivity contribution in [1.82, 2.24) is 5.32 Å². The van der Waals surface area contributed by atoms with E-state index in [2.05, 4.69) is 5.32 Å². The summed E-state index contributed by atoms with van der Waals surface area (Å²) in [5.41, 5.74) is 5.65. The summed E-state index contributed by atoms with van der Waals surface area (Å²) in [5, 5.41) is 3.51. The van der Waals surface area contributed by atoms with E-state index in [-0.39, 0.29) is 0 Å². The first-order valence-electron chi connectivity index (χ1n) is 2.41. The van der Waals surface area contributed by atoms with Crippen molar-refractivity contribution in [2.45, 2.75) is 3.67 Å². The van der Waals surface area contributed by atoms with Gasteiger partial charge in [-0.1, -0.05) is 11.6 Å². The number of dihydropyridines is 1. The van der Waals surface area contributed by atoms with E-state index in [0.717, 1.165) is 0 Å². The van der Waals surface area contributed by atoms with Crippen molar-refractivity contribution in [3.05, 3.63) is 23.4 Å². The van der Waals surface area contributed by atoms with Crippen LogP contribution in [0.5, 0.6) is 0 Å². The minimum Gasteiger partial charge on any atom is -0.361 e. The molecule has 0 aromatic rings. The number of allylic oxidation sites excluding steroid dienone is 2. The Labute approximate surface area is 72.3 Å². The van der Waals surface area contributed by atoms with E-state index in [0.29, 0.717) is 5.03 Å². The third-order valence-corrected chi connectivity index (χ3v) is 2.62. The molecule has 0 aromatic heterocycles. The normalized spacial score (nSPS) is 33.4. The zero-order valence-corrected chi connectivity index (χ0v) is 7.48. The third-order valence-electron chi connectivity index (χ3n) is 0.980. The first-order chi connectivity index (χ1) is 4.13. The Morgan fingerprint density at radius 2 is 2.44 bits per heavy atom. The van der Waals surface area contributed by atoms with Crippen LogP contribution in [0.1, 0.15) is 0 Å². The standard InChI is InChI=1S/C5H6ClIN2/c6-4-2-1-3-9-5(4,7)8/h1-3,9H,8H2. The van der Waals surface area contributed by atoms with Crippen LogP contribution >= 0.6 is 34.2 Å². The summed E-state index contributed by atoms with van der Waals surface area (Å²) in [4.78, 5) is 0. The Morgan fingerprint density at radius 3 is 2.78 bits per heavy atom. The van der Waals surface area contributed by atoms with E-state index < -0.39 is 3.67 Å². The highest BCUT2D eigenvalue weighted by Gasteiger charge is 2.23. The molecule has 0 fully saturated rings. The molecule has 1 atom stereocenters. The van der Waals surface area contributed by atoms with Crippen LogP contribution in [0.15, 0.2) is 23.4 Å². The average molecular weight is 256 g/mol. The minimum atomic E-state index is -0.603. The second-order valence-corrected chi connectivity index (χ2v) is 3.84. The topological polar surface area (TPSA) is 38.0 Å². The lowest BCUT2D eigenvalue weighted by Crippen LogP contribution is -2.46. The van der Waals surface area contributed by atoms with Gasteiger partial charge in [-0.15, -0.1) is 0 Å². The van der Waals surface area contributed by atoms with Crippen molar-refractivity contribution < 1.29 is 0 Å². The second kappa shape index (κ2) is 2.48. The molecule has 1 rings (SSSR count). The molecule has 0 spiro atoms. The largest absolute Gasteiger partial charge is 0.361 e. The van der Waals surface area contributed by atoms with Gasteiger partial charge in [0.15, 0.2) is 3.67 Å². The van der Waals surface area contributed by atoms with Gasteiger partial charge in [0.05, 0.1) is 5.03 Å². The molecule has 0 radical (unpaired) electrons. The van der Waals surface area contributed by atoms with E-state index in [1.54, 1.807) is 12.3 Å². The van der Waals surface area contributed by atoms with Gasteiger partial charge in [0.2, 0.25) is 0 Å². The summed E-state index contributed by atoms with van der Waals surface area (Å²) in [6.07, 6.45) is 5.34. The van der Waals surface area contributed by atoms with Crippen LogP contribution in [-0.4, -0.2) is 3.67 Å². The van der Waals surface area contributed by atoms with Crippen LogP contribution < -0.4 is 11.1 Å². The molecule has 0 bridgehead atoms. The van der Waals surface area contributed by atoms with Crippen LogP contribution in [0.3, 0.4) is 0 Å². The van der Waals surface area contributed by atoms with Gasteiger partial charge in [0, 0.05) is 0 Å². The fourth-order valence-electron chi connectivity index (χ4n) is 0.492. The maximum absolute atomic E-state index is 5.72. The zero-order chi connectivity index (χ0) is 6.91. The summed E-state index contributed by atoms with van der Waals surface area (Å²) in [5.74, 6) is 0. The summed E-state index contributed by atoms with van der Waals surface area (Å²) >= 11 is 7.76. The zero-order valence-electron chi connectivity index (χ0n) is 4.57. The average Bonchev–Trinajstić information content (AvgIpc) is 1.77. The highest BCUT2D eigenvalue weighted by Crippen LogP contribution is 2.24. The fourth-order valence-corrected chi connectivity index (χ4v) is 0.979.